The first kappa shape index (κ1) is 34.9. The molecule has 0 heteroatoms. The lowest BCUT2D eigenvalue weighted by Crippen LogP contribution is -2.30. The van der Waals surface area contributed by atoms with Gasteiger partial charge in [-0.25, -0.2) is 0 Å². The average Bonchev–Trinajstić information content (AvgIpc) is 1.70. The first-order chi connectivity index (χ1) is 63.1. The molecule has 6 aliphatic rings. The van der Waals surface area contributed by atoms with E-state index >= 15 is 0 Å². The third kappa shape index (κ3) is 8.74. The van der Waals surface area contributed by atoms with Gasteiger partial charge >= 0.3 is 0 Å². The molecule has 6 aliphatic carbocycles. The summed E-state index contributed by atoms with van der Waals surface area (Å²) in [6.07, 6.45) is 0. The van der Waals surface area contributed by atoms with Gasteiger partial charge in [-0.3, -0.25) is 0 Å². The Hall–Kier alpha value is -11.7. The van der Waals surface area contributed by atoms with Gasteiger partial charge in [0.25, 0.3) is 0 Å². The summed E-state index contributed by atoms with van der Waals surface area (Å²) < 4.78 is 299. The van der Waals surface area contributed by atoms with Crippen molar-refractivity contribution in [2.75, 3.05) is 0 Å². The Morgan fingerprint density at radius 3 is 0.802 bits per heavy atom. The molecule has 0 spiro atoms. The molecule has 0 fully saturated rings. The molecule has 476 valence electrons. The standard InChI is InChI=1S/C101H72/c1-101(2,3)66-58-91-97(77-40-14-4-30-67(77)60-26-24-28-62(54-60)93-79-42-16-6-32-69(79)70-33-7-17-43-80(70)93)89-56-64(95-83-46-20-10-36-73(83)74-37-11-21-47-84(74)95)50-52-87(89)99-88-53-51-65(96-85-48-22-12-38-75(85)76-39-13-23-49-86(76)96)57-90(88)98(92(59-66)100(91)99)78-41-15-5-31-68(78)61-27-25-29-63(55-61)94-81-44-18-8-34-71(81)72-35-9-19-45-82(72)94/h4-59,93-99H,1-3H3/i6D,7D,8D,9D,10D,11D,12D,13D,16D,17D,18D,19D,20D,21D,22D,23D,32D,33D,34D,35D,36D,37D,38D,39D,42D,43D,44D,45D,46D,47D,48D,49D. The monoisotopic (exact) mass is 1320 g/mol. The van der Waals surface area contributed by atoms with Crippen molar-refractivity contribution in [1.29, 1.82) is 0 Å². The van der Waals surface area contributed by atoms with Crippen molar-refractivity contribution >= 4 is 0 Å². The molecule has 0 aromatic heterocycles. The number of hydrogen-bond donors (Lipinski definition) is 0. The van der Waals surface area contributed by atoms with Crippen LogP contribution in [0.15, 0.2) is 339 Å². The second-order valence-corrected chi connectivity index (χ2v) is 27.9. The fourth-order valence-electron chi connectivity index (χ4n) is 17.6. The zero-order valence-corrected chi connectivity index (χ0v) is 54.4. The van der Waals surface area contributed by atoms with Crippen LogP contribution in [-0.2, 0) is 5.41 Å². The van der Waals surface area contributed by atoms with Crippen LogP contribution in [0.5, 0.6) is 0 Å². The van der Waals surface area contributed by atoms with Crippen molar-refractivity contribution in [3.05, 3.63) is 461 Å². The van der Waals surface area contributed by atoms with E-state index in [0.29, 0.717) is 77.9 Å². The molecule has 0 aliphatic heterocycles. The zero-order valence-electron chi connectivity index (χ0n) is 86.4. The summed E-state index contributed by atoms with van der Waals surface area (Å²) in [5, 5.41) is 0. The van der Waals surface area contributed by atoms with Crippen LogP contribution in [0.1, 0.15) is 228 Å². The van der Waals surface area contributed by atoms with Gasteiger partial charge in [0, 0.05) is 41.4 Å². The van der Waals surface area contributed by atoms with E-state index in [4.69, 9.17) is 16.4 Å². The van der Waals surface area contributed by atoms with Crippen LogP contribution in [0.2, 0.25) is 0 Å². The summed E-state index contributed by atoms with van der Waals surface area (Å²) in [6, 6.07) is 28.0. The summed E-state index contributed by atoms with van der Waals surface area (Å²) in [4.78, 5) is 0. The summed E-state index contributed by atoms with van der Waals surface area (Å²) in [5.74, 6) is -7.74. The van der Waals surface area contributed by atoms with Gasteiger partial charge in [0.1, 0.15) is 0 Å². The van der Waals surface area contributed by atoms with Crippen molar-refractivity contribution in [3.8, 4) is 66.8 Å². The molecule has 101 heavy (non-hydrogen) atoms. The van der Waals surface area contributed by atoms with E-state index in [0.717, 1.165) is 22.3 Å². The predicted octanol–water partition coefficient (Wildman–Crippen LogP) is 25.1. The Bertz CT molecular complexity index is 7230. The molecule has 0 amide bonds. The van der Waals surface area contributed by atoms with Crippen molar-refractivity contribution in [2.24, 2.45) is 0 Å². The maximum absolute atomic E-state index is 9.86. The predicted molar refractivity (Wildman–Crippen MR) is 416 cm³/mol. The van der Waals surface area contributed by atoms with E-state index in [9.17, 15) is 27.4 Å². The molecule has 0 saturated carbocycles. The first-order valence-corrected chi connectivity index (χ1v) is 33.7. The fourth-order valence-corrected chi connectivity index (χ4v) is 17.6. The molecule has 0 radical (unpaired) electrons. The molecule has 0 heterocycles. The minimum atomic E-state index is -1.30. The first-order valence-electron chi connectivity index (χ1n) is 49.7. The summed E-state index contributed by atoms with van der Waals surface area (Å²) in [6.45, 7) is 6.18. The average molecular weight is 1320 g/mol. The van der Waals surface area contributed by atoms with Gasteiger partial charge in [-0.2, -0.15) is 0 Å². The minimum Gasteiger partial charge on any atom is -0.0619 e. The maximum Gasteiger partial charge on any atom is 0.0629 e. The Morgan fingerprint density at radius 2 is 0.495 bits per heavy atom. The van der Waals surface area contributed by atoms with E-state index in [2.05, 4.69) is 32.9 Å². The second kappa shape index (κ2) is 22.4. The van der Waals surface area contributed by atoms with E-state index < -0.39 is 240 Å². The van der Waals surface area contributed by atoms with Gasteiger partial charge in [-0.05, 0) is 195 Å². The topological polar surface area (TPSA) is 0 Å². The van der Waals surface area contributed by atoms with E-state index in [1.54, 1.807) is 36.4 Å². The van der Waals surface area contributed by atoms with Crippen LogP contribution >= 0.6 is 0 Å². The molecule has 0 N–H and O–H groups in total. The molecule has 15 aromatic carbocycles. The van der Waals surface area contributed by atoms with Crippen molar-refractivity contribution in [2.45, 2.75) is 67.6 Å². The third-order valence-corrected chi connectivity index (χ3v) is 21.8. The van der Waals surface area contributed by atoms with Crippen LogP contribution < -0.4 is 0 Å². The highest BCUT2D eigenvalue weighted by Crippen LogP contribution is 2.62. The smallest absolute Gasteiger partial charge is 0.0619 e. The highest BCUT2D eigenvalue weighted by Gasteiger charge is 2.46. The van der Waals surface area contributed by atoms with Crippen LogP contribution in [0.3, 0.4) is 0 Å². The number of rotatable bonds is 8. The fraction of sp³-hybridized carbons (Fsp3) is 0.109. The van der Waals surface area contributed by atoms with Gasteiger partial charge in [0.15, 0.2) is 0 Å². The molecular formula is C101H72. The van der Waals surface area contributed by atoms with E-state index in [1.807, 2.05) is 97.1 Å². The third-order valence-electron chi connectivity index (χ3n) is 21.8. The second-order valence-electron chi connectivity index (χ2n) is 27.9. The Balaban J connectivity index is 0.870. The van der Waals surface area contributed by atoms with Gasteiger partial charge in [-0.15, -0.1) is 0 Å². The van der Waals surface area contributed by atoms with Crippen molar-refractivity contribution in [1.82, 2.24) is 0 Å². The lowest BCUT2D eigenvalue weighted by molar-refractivity contribution is 0.585. The van der Waals surface area contributed by atoms with Crippen LogP contribution in [0, 0.1) is 0 Å². The number of fused-ring (bicyclic) bond motifs is 16. The maximum atomic E-state index is 9.86. The minimum absolute atomic E-state index is 0.00555. The largest absolute Gasteiger partial charge is 0.0629 e. The number of benzene rings is 15. The highest BCUT2D eigenvalue weighted by molar-refractivity contribution is 5.87. The SMILES string of the molecule is [2H]c1c([2H])c([2H])c2c(c1[2H])-c1c([2H])c([2H])c([2H])c([2H])c1C2c1cccc(-c2ccccc2C2c3cc(C4c5c([2H])c([2H])c([2H])c([2H])c5-c5c([2H])c([2H])c([2H])c([2H])c54)ccc3C3c4ccc(C5c6c([2H])c([2H])c([2H])c([2H])c6-c6c([2H])c([2H])c([2H])c([2H])c65)cc4C(c4ccccc4-c4cccc(C5c6c([2H])c([2H])c([2H])c([2H])c6-c6c([2H])c([2H])c([2H])c([2H])c65)c4)c4cc(C(C)(C)C)cc2c43)c1. The lowest BCUT2D eigenvalue weighted by Gasteiger charge is -2.44. The van der Waals surface area contributed by atoms with Crippen LogP contribution in [0.4, 0.5) is 0 Å². The highest BCUT2D eigenvalue weighted by atomic mass is 14.5. The van der Waals surface area contributed by atoms with E-state index in [-0.39, 0.29) is 89.0 Å². The summed E-state index contributed by atoms with van der Waals surface area (Å²) >= 11 is 0. The van der Waals surface area contributed by atoms with Crippen molar-refractivity contribution in [3.63, 3.8) is 0 Å². The summed E-state index contributed by atoms with van der Waals surface area (Å²) in [7, 11) is 0. The molecule has 0 nitrogen and oxygen atoms in total. The Kier molecular flexibility index (Phi) is 7.74. The van der Waals surface area contributed by atoms with E-state index in [1.165, 1.54) is 0 Å². The Labute approximate surface area is 637 Å². The molecule has 0 saturated heterocycles. The molecule has 2 atom stereocenters. The summed E-state index contributed by atoms with van der Waals surface area (Å²) in [5.41, 5.74) is 9.37. The molecular weight excluding hydrogens is 1210 g/mol. The normalized spacial score (nSPS) is 20.8. The quantitative estimate of drug-likeness (QED) is 0.142. The zero-order chi connectivity index (χ0) is 94.6. The van der Waals surface area contributed by atoms with Gasteiger partial charge in [-0.1, -0.05) is 360 Å². The van der Waals surface area contributed by atoms with Crippen molar-refractivity contribution < 1.29 is 43.9 Å². The molecule has 21 rings (SSSR count). The Morgan fingerprint density at radius 1 is 0.208 bits per heavy atom. The van der Waals surface area contributed by atoms with Gasteiger partial charge in [0.05, 0.1) is 43.9 Å². The molecule has 15 aromatic rings. The number of hydrogen-bond acceptors (Lipinski definition) is 0. The van der Waals surface area contributed by atoms with Gasteiger partial charge < -0.3 is 0 Å². The molecule has 2 unspecified atom stereocenters. The van der Waals surface area contributed by atoms with Crippen LogP contribution in [0.25, 0.3) is 66.8 Å². The molecule has 0 bridgehead atoms. The van der Waals surface area contributed by atoms with Gasteiger partial charge in [0.2, 0.25) is 0 Å². The lowest BCUT2D eigenvalue weighted by atomic mass is 9.58. The van der Waals surface area contributed by atoms with Crippen LogP contribution in [-0.4, -0.2) is 0 Å².